The fraction of sp³-hybridized carbons (Fsp3) is 0.600. The summed E-state index contributed by atoms with van der Waals surface area (Å²) in [5.74, 6) is 0.598. The van der Waals surface area contributed by atoms with Gasteiger partial charge in [-0.05, 0) is 43.4 Å². The smallest absolute Gasteiger partial charge is 0.0642 e. The Labute approximate surface area is 120 Å². The number of piperidine rings is 1. The van der Waals surface area contributed by atoms with Crippen LogP contribution >= 0.6 is 11.6 Å². The predicted molar refractivity (Wildman–Crippen MR) is 81.0 cm³/mol. The molecule has 0 spiro atoms. The molecule has 1 aromatic rings. The van der Waals surface area contributed by atoms with Crippen molar-refractivity contribution in [3.63, 3.8) is 0 Å². The van der Waals surface area contributed by atoms with E-state index in [1.165, 1.54) is 24.1 Å². The number of rotatable bonds is 5. The van der Waals surface area contributed by atoms with Crippen LogP contribution in [-0.2, 0) is 11.2 Å². The Morgan fingerprint density at radius 3 is 3.05 bits per heavy atom. The number of nitrogens with zero attached hydrogens (tertiary/aromatic N) is 1. The summed E-state index contributed by atoms with van der Waals surface area (Å²) < 4.78 is 5.29. The summed E-state index contributed by atoms with van der Waals surface area (Å²) in [4.78, 5) is 2.40. The Bertz CT molecular complexity index is 409. The van der Waals surface area contributed by atoms with Crippen LogP contribution in [0.15, 0.2) is 18.2 Å². The molecule has 1 aromatic carbocycles. The lowest BCUT2D eigenvalue weighted by Crippen LogP contribution is -2.37. The number of hydrogen-bond donors (Lipinski definition) is 1. The number of anilines is 1. The summed E-state index contributed by atoms with van der Waals surface area (Å²) in [6.07, 6.45) is 3.31. The standard InChI is InChI=1S/C15H23ClN2O/c1-19-11-12-4-3-9-18(10-12)15-13(7-8-17)5-2-6-14(15)16/h2,5-6,12H,3-4,7-11,17H2,1H3. The molecule has 1 atom stereocenters. The summed E-state index contributed by atoms with van der Waals surface area (Å²) in [6, 6.07) is 6.11. The highest BCUT2D eigenvalue weighted by molar-refractivity contribution is 6.33. The molecule has 1 aliphatic rings. The lowest BCUT2D eigenvalue weighted by molar-refractivity contribution is 0.143. The van der Waals surface area contributed by atoms with E-state index in [9.17, 15) is 0 Å². The molecule has 0 aliphatic carbocycles. The van der Waals surface area contributed by atoms with Crippen molar-refractivity contribution in [2.75, 3.05) is 38.3 Å². The van der Waals surface area contributed by atoms with E-state index in [4.69, 9.17) is 22.1 Å². The Morgan fingerprint density at radius 1 is 1.47 bits per heavy atom. The zero-order valence-electron chi connectivity index (χ0n) is 11.6. The fourth-order valence-electron chi connectivity index (χ4n) is 2.91. The van der Waals surface area contributed by atoms with Crippen molar-refractivity contribution >= 4 is 17.3 Å². The largest absolute Gasteiger partial charge is 0.384 e. The van der Waals surface area contributed by atoms with Crippen LogP contribution in [0.3, 0.4) is 0 Å². The molecule has 19 heavy (non-hydrogen) atoms. The van der Waals surface area contributed by atoms with Gasteiger partial charge in [-0.2, -0.15) is 0 Å². The van der Waals surface area contributed by atoms with Gasteiger partial charge in [0.2, 0.25) is 0 Å². The quantitative estimate of drug-likeness (QED) is 0.902. The minimum absolute atomic E-state index is 0.598. The molecule has 3 nitrogen and oxygen atoms in total. The topological polar surface area (TPSA) is 38.5 Å². The van der Waals surface area contributed by atoms with Crippen LogP contribution in [0, 0.1) is 5.92 Å². The van der Waals surface area contributed by atoms with Gasteiger partial charge in [0.05, 0.1) is 17.3 Å². The van der Waals surface area contributed by atoms with Gasteiger partial charge in [0, 0.05) is 20.2 Å². The molecule has 1 saturated heterocycles. The zero-order chi connectivity index (χ0) is 13.7. The normalized spacial score (nSPS) is 19.7. The van der Waals surface area contributed by atoms with Crippen LogP contribution in [0.2, 0.25) is 5.02 Å². The van der Waals surface area contributed by atoms with Gasteiger partial charge in [-0.1, -0.05) is 23.7 Å². The maximum Gasteiger partial charge on any atom is 0.0642 e. The first-order valence-corrected chi connectivity index (χ1v) is 7.35. The molecule has 1 aliphatic heterocycles. The fourth-order valence-corrected chi connectivity index (χ4v) is 3.22. The predicted octanol–water partition coefficient (Wildman–Crippen LogP) is 2.70. The van der Waals surface area contributed by atoms with Gasteiger partial charge in [-0.25, -0.2) is 0 Å². The average Bonchev–Trinajstić information content (AvgIpc) is 2.40. The van der Waals surface area contributed by atoms with E-state index in [1.807, 2.05) is 12.1 Å². The minimum Gasteiger partial charge on any atom is -0.384 e. The summed E-state index contributed by atoms with van der Waals surface area (Å²) in [7, 11) is 1.77. The summed E-state index contributed by atoms with van der Waals surface area (Å²) >= 11 is 6.41. The van der Waals surface area contributed by atoms with Crippen molar-refractivity contribution in [2.45, 2.75) is 19.3 Å². The van der Waals surface area contributed by atoms with Crippen molar-refractivity contribution in [2.24, 2.45) is 11.7 Å². The van der Waals surface area contributed by atoms with Crippen molar-refractivity contribution in [3.8, 4) is 0 Å². The van der Waals surface area contributed by atoms with Crippen LogP contribution in [0.1, 0.15) is 18.4 Å². The maximum atomic E-state index is 6.41. The Hall–Kier alpha value is -0.770. The van der Waals surface area contributed by atoms with Crippen LogP contribution in [0.25, 0.3) is 0 Å². The molecule has 1 heterocycles. The van der Waals surface area contributed by atoms with E-state index in [1.54, 1.807) is 7.11 Å². The van der Waals surface area contributed by atoms with Crippen LogP contribution in [-0.4, -0.2) is 33.4 Å². The molecular weight excluding hydrogens is 260 g/mol. The van der Waals surface area contributed by atoms with Gasteiger partial charge in [0.25, 0.3) is 0 Å². The SMILES string of the molecule is COCC1CCCN(c2c(Cl)cccc2CCN)C1. The van der Waals surface area contributed by atoms with Crippen molar-refractivity contribution in [1.82, 2.24) is 0 Å². The number of para-hydroxylation sites is 1. The second-order valence-electron chi connectivity index (χ2n) is 5.20. The Morgan fingerprint density at radius 2 is 2.32 bits per heavy atom. The number of methoxy groups -OCH3 is 1. The van der Waals surface area contributed by atoms with Gasteiger partial charge in [0.1, 0.15) is 0 Å². The Balaban J connectivity index is 2.20. The second kappa shape index (κ2) is 7.13. The number of hydrogen-bond acceptors (Lipinski definition) is 3. The van der Waals surface area contributed by atoms with Gasteiger partial charge >= 0.3 is 0 Å². The maximum absolute atomic E-state index is 6.41. The first-order chi connectivity index (χ1) is 9.26. The number of benzene rings is 1. The van der Waals surface area contributed by atoms with Gasteiger partial charge in [0.15, 0.2) is 0 Å². The molecule has 4 heteroatoms. The Kier molecular flexibility index (Phi) is 5.49. The van der Waals surface area contributed by atoms with Crippen molar-refractivity contribution in [3.05, 3.63) is 28.8 Å². The third kappa shape index (κ3) is 3.62. The average molecular weight is 283 g/mol. The van der Waals surface area contributed by atoms with E-state index in [0.717, 1.165) is 31.1 Å². The first kappa shape index (κ1) is 14.6. The molecule has 2 rings (SSSR count). The van der Waals surface area contributed by atoms with Gasteiger partial charge in [-0.3, -0.25) is 0 Å². The summed E-state index contributed by atoms with van der Waals surface area (Å²) in [5.41, 5.74) is 8.14. The molecule has 1 unspecified atom stereocenters. The molecule has 0 aromatic heterocycles. The zero-order valence-corrected chi connectivity index (χ0v) is 12.3. The highest BCUT2D eigenvalue weighted by atomic mass is 35.5. The first-order valence-electron chi connectivity index (χ1n) is 6.97. The van der Waals surface area contributed by atoms with E-state index in [0.29, 0.717) is 12.5 Å². The van der Waals surface area contributed by atoms with Gasteiger partial charge in [-0.15, -0.1) is 0 Å². The molecule has 0 amide bonds. The summed E-state index contributed by atoms with van der Waals surface area (Å²) in [5, 5.41) is 0.837. The third-order valence-electron chi connectivity index (χ3n) is 3.72. The third-order valence-corrected chi connectivity index (χ3v) is 4.03. The monoisotopic (exact) mass is 282 g/mol. The van der Waals surface area contributed by atoms with E-state index >= 15 is 0 Å². The lowest BCUT2D eigenvalue weighted by atomic mass is 9.97. The molecule has 0 saturated carbocycles. The number of halogens is 1. The molecule has 0 bridgehead atoms. The number of nitrogens with two attached hydrogens (primary N) is 1. The van der Waals surface area contributed by atoms with Crippen LogP contribution in [0.4, 0.5) is 5.69 Å². The lowest BCUT2D eigenvalue weighted by Gasteiger charge is -2.36. The molecule has 1 fully saturated rings. The minimum atomic E-state index is 0.598. The van der Waals surface area contributed by atoms with E-state index in [2.05, 4.69) is 11.0 Å². The van der Waals surface area contributed by atoms with E-state index in [-0.39, 0.29) is 0 Å². The van der Waals surface area contributed by atoms with Crippen LogP contribution < -0.4 is 10.6 Å². The molecule has 106 valence electrons. The molecule has 2 N–H and O–H groups in total. The van der Waals surface area contributed by atoms with Gasteiger partial charge < -0.3 is 15.4 Å². The van der Waals surface area contributed by atoms with Crippen molar-refractivity contribution in [1.29, 1.82) is 0 Å². The van der Waals surface area contributed by atoms with E-state index < -0.39 is 0 Å². The second-order valence-corrected chi connectivity index (χ2v) is 5.60. The molecular formula is C15H23ClN2O. The number of ether oxygens (including phenoxy) is 1. The highest BCUT2D eigenvalue weighted by Crippen LogP contribution is 2.33. The summed E-state index contributed by atoms with van der Waals surface area (Å²) in [6.45, 7) is 3.58. The van der Waals surface area contributed by atoms with Crippen LogP contribution in [0.5, 0.6) is 0 Å². The van der Waals surface area contributed by atoms with Crippen molar-refractivity contribution < 1.29 is 4.74 Å². The highest BCUT2D eigenvalue weighted by Gasteiger charge is 2.23. The molecule has 0 radical (unpaired) electrons.